The van der Waals surface area contributed by atoms with Crippen LogP contribution < -0.4 is 19.5 Å². The number of amides is 1. The first-order valence-electron chi connectivity index (χ1n) is 8.54. The van der Waals surface area contributed by atoms with Crippen LogP contribution in [0.4, 0.5) is 5.69 Å². The fraction of sp³-hybridized carbons (Fsp3) is 0.200. The van der Waals surface area contributed by atoms with Gasteiger partial charge in [0.2, 0.25) is 0 Å². The normalized spacial score (nSPS) is 11.0. The van der Waals surface area contributed by atoms with E-state index in [4.69, 9.17) is 18.6 Å². The minimum atomic E-state index is -0.307. The van der Waals surface area contributed by atoms with Gasteiger partial charge in [0.1, 0.15) is 17.0 Å². The number of carbonyl (C=O) groups is 1. The molecule has 8 heteroatoms. The van der Waals surface area contributed by atoms with Crippen LogP contribution in [0.5, 0.6) is 17.2 Å². The molecule has 0 bridgehead atoms. The first kappa shape index (κ1) is 17.7. The number of benzene rings is 2. The lowest BCUT2D eigenvalue weighted by atomic mass is 10.2. The Labute approximate surface area is 160 Å². The molecule has 4 aromatic rings. The maximum atomic E-state index is 12.8. The molecule has 144 valence electrons. The highest BCUT2D eigenvalue weighted by Gasteiger charge is 2.19. The van der Waals surface area contributed by atoms with E-state index in [1.54, 1.807) is 58.6 Å². The van der Waals surface area contributed by atoms with E-state index < -0.39 is 0 Å². The number of aromatic nitrogens is 2. The van der Waals surface area contributed by atoms with E-state index in [9.17, 15) is 4.79 Å². The van der Waals surface area contributed by atoms with Gasteiger partial charge in [-0.05, 0) is 24.3 Å². The molecule has 0 saturated carbocycles. The number of rotatable bonds is 5. The Hall–Kier alpha value is -3.68. The lowest BCUT2D eigenvalue weighted by Crippen LogP contribution is -2.12. The van der Waals surface area contributed by atoms with Crippen LogP contribution >= 0.6 is 0 Å². The van der Waals surface area contributed by atoms with Crippen molar-refractivity contribution in [3.8, 4) is 17.2 Å². The van der Waals surface area contributed by atoms with Gasteiger partial charge >= 0.3 is 0 Å². The zero-order valence-electron chi connectivity index (χ0n) is 15.9. The van der Waals surface area contributed by atoms with Crippen LogP contribution in [-0.2, 0) is 0 Å². The molecule has 0 spiro atoms. The van der Waals surface area contributed by atoms with Gasteiger partial charge in [-0.25, -0.2) is 4.98 Å². The molecule has 0 radical (unpaired) electrons. The number of anilines is 1. The smallest absolute Gasteiger partial charge is 0.272 e. The van der Waals surface area contributed by atoms with Crippen LogP contribution in [0.15, 0.2) is 34.7 Å². The number of aryl methyl sites for hydroxylation is 1. The van der Waals surface area contributed by atoms with Gasteiger partial charge in [0.15, 0.2) is 23.0 Å². The van der Waals surface area contributed by atoms with Crippen molar-refractivity contribution in [3.05, 3.63) is 41.9 Å². The number of nitrogens with one attached hydrogen (secondary N) is 2. The molecule has 28 heavy (non-hydrogen) atoms. The van der Waals surface area contributed by atoms with Gasteiger partial charge < -0.3 is 28.9 Å². The van der Waals surface area contributed by atoms with Crippen molar-refractivity contribution >= 4 is 33.6 Å². The molecular formula is C20H19N3O5. The summed E-state index contributed by atoms with van der Waals surface area (Å²) in [7, 11) is 4.64. The number of ether oxygens (including phenoxy) is 3. The molecule has 1 amide bonds. The van der Waals surface area contributed by atoms with E-state index in [2.05, 4.69) is 15.3 Å². The molecule has 0 aliphatic rings. The largest absolute Gasteiger partial charge is 0.496 e. The van der Waals surface area contributed by atoms with Crippen LogP contribution in [0.3, 0.4) is 0 Å². The number of carbonyl (C=O) groups excluding carboxylic acids is 1. The van der Waals surface area contributed by atoms with Gasteiger partial charge in [-0.3, -0.25) is 4.79 Å². The van der Waals surface area contributed by atoms with Gasteiger partial charge in [-0.2, -0.15) is 0 Å². The molecule has 4 rings (SSSR count). The summed E-state index contributed by atoms with van der Waals surface area (Å²) in [5.74, 6) is 1.84. The molecule has 2 N–H and O–H groups in total. The second kappa shape index (κ2) is 6.80. The summed E-state index contributed by atoms with van der Waals surface area (Å²) in [6.45, 7) is 1.78. The predicted octanol–water partition coefficient (Wildman–Crippen LogP) is 3.90. The van der Waals surface area contributed by atoms with Gasteiger partial charge in [0, 0.05) is 24.1 Å². The van der Waals surface area contributed by atoms with Crippen molar-refractivity contribution in [3.63, 3.8) is 0 Å². The Balaban J connectivity index is 1.72. The average Bonchev–Trinajstić information content (AvgIpc) is 3.29. The summed E-state index contributed by atoms with van der Waals surface area (Å²) in [5, 5.41) is 3.58. The molecule has 0 unspecified atom stereocenters. The zero-order chi connectivity index (χ0) is 19.8. The molecule has 2 aromatic heterocycles. The van der Waals surface area contributed by atoms with Crippen LogP contribution in [-0.4, -0.2) is 37.2 Å². The molecule has 0 aliphatic carbocycles. The number of fused-ring (bicyclic) bond motifs is 2. The Morgan fingerprint density at radius 3 is 2.57 bits per heavy atom. The molecule has 2 aromatic carbocycles. The van der Waals surface area contributed by atoms with Crippen LogP contribution in [0, 0.1) is 6.92 Å². The van der Waals surface area contributed by atoms with Crippen molar-refractivity contribution < 1.29 is 23.4 Å². The number of nitrogens with zero attached hydrogens (tertiary/aromatic N) is 1. The number of oxazole rings is 1. The quantitative estimate of drug-likeness (QED) is 0.544. The highest BCUT2D eigenvalue weighted by molar-refractivity contribution is 6.08. The molecule has 0 aliphatic heterocycles. The Bertz CT molecular complexity index is 1190. The predicted molar refractivity (Wildman–Crippen MR) is 105 cm³/mol. The van der Waals surface area contributed by atoms with Crippen molar-refractivity contribution in [2.75, 3.05) is 26.6 Å². The lowest BCUT2D eigenvalue weighted by molar-refractivity contribution is 0.102. The van der Waals surface area contributed by atoms with Gasteiger partial charge in [-0.15, -0.1) is 0 Å². The monoisotopic (exact) mass is 381 g/mol. The van der Waals surface area contributed by atoms with Crippen LogP contribution in [0.1, 0.15) is 16.4 Å². The standard InChI is InChI=1S/C20H19N3O5/c1-10-21-13-7-11(5-6-15(13)28-10)22-20(24)14-8-12-16(25-2)9-17(26-3)19(27-4)18(12)23-14/h5-9,23H,1-4H3,(H,22,24). The SMILES string of the molecule is COc1cc(OC)c2cc(C(=O)Nc3ccc4oc(C)nc4c3)[nH]c2c1OC. The fourth-order valence-electron chi connectivity index (χ4n) is 3.18. The minimum Gasteiger partial charge on any atom is -0.496 e. The number of hydrogen-bond donors (Lipinski definition) is 2. The highest BCUT2D eigenvalue weighted by atomic mass is 16.5. The summed E-state index contributed by atoms with van der Waals surface area (Å²) in [6.07, 6.45) is 0. The second-order valence-electron chi connectivity index (χ2n) is 6.16. The second-order valence-corrected chi connectivity index (χ2v) is 6.16. The summed E-state index contributed by atoms with van der Waals surface area (Å²) >= 11 is 0. The highest BCUT2D eigenvalue weighted by Crippen LogP contribution is 2.41. The lowest BCUT2D eigenvalue weighted by Gasteiger charge is -2.11. The maximum absolute atomic E-state index is 12.8. The molecule has 0 saturated heterocycles. The molecule has 0 fully saturated rings. The zero-order valence-corrected chi connectivity index (χ0v) is 15.9. The fourth-order valence-corrected chi connectivity index (χ4v) is 3.18. The van der Waals surface area contributed by atoms with E-state index in [1.807, 2.05) is 0 Å². The van der Waals surface area contributed by atoms with Crippen LogP contribution in [0.25, 0.3) is 22.0 Å². The third-order valence-corrected chi connectivity index (χ3v) is 4.44. The van der Waals surface area contributed by atoms with Gasteiger partial charge in [0.25, 0.3) is 5.91 Å². The van der Waals surface area contributed by atoms with Crippen molar-refractivity contribution in [2.45, 2.75) is 6.92 Å². The molecule has 0 atom stereocenters. The van der Waals surface area contributed by atoms with E-state index in [0.717, 1.165) is 0 Å². The molecule has 8 nitrogen and oxygen atoms in total. The molecular weight excluding hydrogens is 362 g/mol. The summed E-state index contributed by atoms with van der Waals surface area (Å²) in [6, 6.07) is 8.73. The van der Waals surface area contributed by atoms with Gasteiger partial charge in [0.05, 0.1) is 26.8 Å². The summed E-state index contributed by atoms with van der Waals surface area (Å²) in [5.41, 5.74) is 2.94. The summed E-state index contributed by atoms with van der Waals surface area (Å²) in [4.78, 5) is 20.2. The van der Waals surface area contributed by atoms with Gasteiger partial charge in [-0.1, -0.05) is 0 Å². The first-order chi connectivity index (χ1) is 13.5. The van der Waals surface area contributed by atoms with E-state index in [-0.39, 0.29) is 5.91 Å². The van der Waals surface area contributed by atoms with Crippen molar-refractivity contribution in [1.29, 1.82) is 0 Å². The minimum absolute atomic E-state index is 0.307. The Morgan fingerprint density at radius 2 is 1.86 bits per heavy atom. The molecule has 2 heterocycles. The van der Waals surface area contributed by atoms with E-state index in [0.29, 0.717) is 56.5 Å². The third-order valence-electron chi connectivity index (χ3n) is 4.44. The van der Waals surface area contributed by atoms with Crippen molar-refractivity contribution in [1.82, 2.24) is 9.97 Å². The topological polar surface area (TPSA) is 98.6 Å². The Kier molecular flexibility index (Phi) is 4.31. The Morgan fingerprint density at radius 1 is 1.07 bits per heavy atom. The summed E-state index contributed by atoms with van der Waals surface area (Å²) < 4.78 is 21.7. The number of hydrogen-bond acceptors (Lipinski definition) is 6. The average molecular weight is 381 g/mol. The number of aromatic amines is 1. The number of H-pyrrole nitrogens is 1. The first-order valence-corrected chi connectivity index (χ1v) is 8.54. The number of methoxy groups -OCH3 is 3. The van der Waals surface area contributed by atoms with E-state index in [1.165, 1.54) is 0 Å². The van der Waals surface area contributed by atoms with Crippen molar-refractivity contribution in [2.24, 2.45) is 0 Å². The van der Waals surface area contributed by atoms with Crippen LogP contribution in [0.2, 0.25) is 0 Å². The third kappa shape index (κ3) is 2.88. The van der Waals surface area contributed by atoms with E-state index >= 15 is 0 Å². The maximum Gasteiger partial charge on any atom is 0.272 e.